The molecular weight excluding hydrogens is 226 g/mol. The number of pyridine rings is 1. The van der Waals surface area contributed by atoms with E-state index in [1.54, 1.807) is 0 Å². The number of nitrogens with zero attached hydrogens (tertiary/aromatic N) is 2. The lowest BCUT2D eigenvalue weighted by molar-refractivity contribution is 0.206. The van der Waals surface area contributed by atoms with Crippen molar-refractivity contribution in [3.05, 3.63) is 35.8 Å². The van der Waals surface area contributed by atoms with Crippen LogP contribution in [0.3, 0.4) is 0 Å². The fourth-order valence-electron chi connectivity index (χ4n) is 1.96. The molecule has 2 aromatic rings. The normalized spacial score (nSPS) is 14.9. The van der Waals surface area contributed by atoms with Crippen LogP contribution in [0.15, 0.2) is 24.5 Å². The summed E-state index contributed by atoms with van der Waals surface area (Å²) in [7, 11) is 0. The minimum absolute atomic E-state index is 0.209. The summed E-state index contributed by atoms with van der Waals surface area (Å²) in [5, 5.41) is 12.5. The molecule has 2 aromatic heterocycles. The smallest absolute Gasteiger partial charge is 0.139 e. The van der Waals surface area contributed by atoms with Crippen molar-refractivity contribution in [2.24, 2.45) is 5.92 Å². The van der Waals surface area contributed by atoms with Gasteiger partial charge in [-0.1, -0.05) is 13.0 Å². The molecule has 2 heterocycles. The molecule has 0 fully saturated rings. The summed E-state index contributed by atoms with van der Waals surface area (Å²) in [5.74, 6) is 0.255. The average molecular weight is 247 g/mol. The molecule has 0 saturated heterocycles. The molecular formula is C14H21N3O. The van der Waals surface area contributed by atoms with Crippen LogP contribution in [0.1, 0.15) is 25.1 Å². The van der Waals surface area contributed by atoms with Gasteiger partial charge in [0.2, 0.25) is 0 Å². The van der Waals surface area contributed by atoms with Gasteiger partial charge in [0.1, 0.15) is 5.65 Å². The monoisotopic (exact) mass is 247 g/mol. The van der Waals surface area contributed by atoms with Crippen LogP contribution in [0.25, 0.3) is 5.65 Å². The lowest BCUT2D eigenvalue weighted by atomic mass is 10.1. The third-order valence-electron chi connectivity index (χ3n) is 3.55. The second kappa shape index (κ2) is 5.50. The maximum absolute atomic E-state index is 9.11. The molecule has 2 N–H and O–H groups in total. The minimum atomic E-state index is 0.209. The van der Waals surface area contributed by atoms with Gasteiger partial charge in [0.25, 0.3) is 0 Å². The molecule has 98 valence electrons. The van der Waals surface area contributed by atoms with Crippen LogP contribution in [0, 0.1) is 12.8 Å². The predicted molar refractivity (Wildman–Crippen MR) is 72.5 cm³/mol. The molecule has 18 heavy (non-hydrogen) atoms. The molecule has 2 atom stereocenters. The molecule has 0 aliphatic carbocycles. The Morgan fingerprint density at radius 1 is 1.44 bits per heavy atom. The SMILES string of the molecule is Cc1cccn2c(CNC(C)C(C)CO)cnc12. The van der Waals surface area contributed by atoms with E-state index in [4.69, 9.17) is 5.11 Å². The van der Waals surface area contributed by atoms with E-state index in [1.807, 2.05) is 25.4 Å². The first-order valence-corrected chi connectivity index (χ1v) is 6.39. The Hall–Kier alpha value is -1.39. The zero-order chi connectivity index (χ0) is 13.1. The van der Waals surface area contributed by atoms with E-state index >= 15 is 0 Å². The van der Waals surface area contributed by atoms with Crippen molar-refractivity contribution in [2.45, 2.75) is 33.4 Å². The van der Waals surface area contributed by atoms with Crippen molar-refractivity contribution < 1.29 is 5.11 Å². The van der Waals surface area contributed by atoms with Crippen molar-refractivity contribution in [3.63, 3.8) is 0 Å². The molecule has 0 bridgehead atoms. The fourth-order valence-corrected chi connectivity index (χ4v) is 1.96. The van der Waals surface area contributed by atoms with E-state index in [0.717, 1.165) is 17.9 Å². The van der Waals surface area contributed by atoms with Gasteiger partial charge >= 0.3 is 0 Å². The highest BCUT2D eigenvalue weighted by Gasteiger charge is 2.11. The minimum Gasteiger partial charge on any atom is -0.396 e. The Bertz CT molecular complexity index is 521. The quantitative estimate of drug-likeness (QED) is 0.846. The molecule has 0 amide bonds. The molecule has 0 radical (unpaired) electrons. The van der Waals surface area contributed by atoms with Gasteiger partial charge in [-0.15, -0.1) is 0 Å². The van der Waals surface area contributed by atoms with Crippen LogP contribution in [0.4, 0.5) is 0 Å². The summed E-state index contributed by atoms with van der Waals surface area (Å²) in [4.78, 5) is 4.43. The number of rotatable bonds is 5. The van der Waals surface area contributed by atoms with Gasteiger partial charge in [-0.3, -0.25) is 0 Å². The Morgan fingerprint density at radius 2 is 2.22 bits per heavy atom. The van der Waals surface area contributed by atoms with Crippen LogP contribution in [0.5, 0.6) is 0 Å². The number of fused-ring (bicyclic) bond motifs is 1. The van der Waals surface area contributed by atoms with Crippen molar-refractivity contribution in [1.82, 2.24) is 14.7 Å². The van der Waals surface area contributed by atoms with Crippen LogP contribution in [-0.4, -0.2) is 27.1 Å². The number of hydrogen-bond acceptors (Lipinski definition) is 3. The van der Waals surface area contributed by atoms with E-state index < -0.39 is 0 Å². The number of nitrogens with one attached hydrogen (secondary N) is 1. The number of imidazole rings is 1. The second-order valence-electron chi connectivity index (χ2n) is 4.96. The van der Waals surface area contributed by atoms with Gasteiger partial charge in [0.05, 0.1) is 11.9 Å². The molecule has 2 unspecified atom stereocenters. The van der Waals surface area contributed by atoms with Gasteiger partial charge in [-0.05, 0) is 31.4 Å². The third-order valence-corrected chi connectivity index (χ3v) is 3.55. The molecule has 0 saturated carbocycles. The van der Waals surface area contributed by atoms with E-state index in [9.17, 15) is 0 Å². The number of aliphatic hydroxyl groups is 1. The average Bonchev–Trinajstić information content (AvgIpc) is 2.79. The van der Waals surface area contributed by atoms with E-state index in [2.05, 4.69) is 34.6 Å². The number of hydrogen-bond donors (Lipinski definition) is 2. The van der Waals surface area contributed by atoms with E-state index in [-0.39, 0.29) is 18.6 Å². The van der Waals surface area contributed by atoms with Crippen molar-refractivity contribution in [2.75, 3.05) is 6.61 Å². The maximum atomic E-state index is 9.11. The maximum Gasteiger partial charge on any atom is 0.139 e. The van der Waals surface area contributed by atoms with Crippen LogP contribution in [-0.2, 0) is 6.54 Å². The Morgan fingerprint density at radius 3 is 2.94 bits per heavy atom. The molecule has 0 aliphatic heterocycles. The highest BCUT2D eigenvalue weighted by molar-refractivity contribution is 5.48. The first-order valence-electron chi connectivity index (χ1n) is 6.39. The van der Waals surface area contributed by atoms with Gasteiger partial charge in [-0.2, -0.15) is 0 Å². The number of aliphatic hydroxyl groups excluding tert-OH is 1. The largest absolute Gasteiger partial charge is 0.396 e. The number of aryl methyl sites for hydroxylation is 1. The topological polar surface area (TPSA) is 49.6 Å². The molecule has 0 aromatic carbocycles. The third kappa shape index (κ3) is 2.54. The van der Waals surface area contributed by atoms with Gasteiger partial charge < -0.3 is 14.8 Å². The van der Waals surface area contributed by atoms with Gasteiger partial charge in [0.15, 0.2) is 0 Å². The van der Waals surface area contributed by atoms with Crippen molar-refractivity contribution in [1.29, 1.82) is 0 Å². The Kier molecular flexibility index (Phi) is 3.99. The summed E-state index contributed by atoms with van der Waals surface area (Å²) in [6.07, 6.45) is 3.94. The van der Waals surface area contributed by atoms with Crippen LogP contribution in [0.2, 0.25) is 0 Å². The zero-order valence-corrected chi connectivity index (χ0v) is 11.2. The lowest BCUT2D eigenvalue weighted by Crippen LogP contribution is -2.33. The van der Waals surface area contributed by atoms with Crippen LogP contribution < -0.4 is 5.32 Å². The summed E-state index contributed by atoms with van der Waals surface area (Å²) < 4.78 is 2.11. The number of aromatic nitrogens is 2. The highest BCUT2D eigenvalue weighted by atomic mass is 16.3. The zero-order valence-electron chi connectivity index (χ0n) is 11.2. The molecule has 4 heteroatoms. The predicted octanol–water partition coefficient (Wildman–Crippen LogP) is 1.75. The van der Waals surface area contributed by atoms with E-state index in [0.29, 0.717) is 0 Å². The fraction of sp³-hybridized carbons (Fsp3) is 0.500. The molecule has 0 aliphatic rings. The van der Waals surface area contributed by atoms with Crippen LogP contribution >= 0.6 is 0 Å². The summed E-state index contributed by atoms with van der Waals surface area (Å²) in [5.41, 5.74) is 3.34. The Labute approximate surface area is 108 Å². The summed E-state index contributed by atoms with van der Waals surface area (Å²) in [6.45, 7) is 7.16. The molecule has 0 spiro atoms. The Balaban J connectivity index is 2.11. The first kappa shape index (κ1) is 13.1. The summed E-state index contributed by atoms with van der Waals surface area (Å²) >= 11 is 0. The van der Waals surface area contributed by atoms with Crippen molar-refractivity contribution >= 4 is 5.65 Å². The lowest BCUT2D eigenvalue weighted by Gasteiger charge is -2.19. The van der Waals surface area contributed by atoms with Crippen molar-refractivity contribution in [3.8, 4) is 0 Å². The van der Waals surface area contributed by atoms with Gasteiger partial charge in [-0.25, -0.2) is 4.98 Å². The van der Waals surface area contributed by atoms with Gasteiger partial charge in [0, 0.05) is 25.4 Å². The standard InChI is InChI=1S/C14H21N3O/c1-10-5-4-6-17-13(8-16-14(10)17)7-15-12(3)11(2)9-18/h4-6,8,11-12,15,18H,7,9H2,1-3H3. The summed E-state index contributed by atoms with van der Waals surface area (Å²) in [6, 6.07) is 4.38. The first-order chi connectivity index (χ1) is 8.63. The highest BCUT2D eigenvalue weighted by Crippen LogP contribution is 2.11. The molecule has 2 rings (SSSR count). The van der Waals surface area contributed by atoms with E-state index in [1.165, 1.54) is 5.56 Å². The molecule has 4 nitrogen and oxygen atoms in total. The second-order valence-corrected chi connectivity index (χ2v) is 4.96.